The minimum atomic E-state index is -0.605. The van der Waals surface area contributed by atoms with Crippen LogP contribution in [-0.2, 0) is 22.7 Å². The van der Waals surface area contributed by atoms with E-state index in [0.29, 0.717) is 25.1 Å². The molecular formula is C24H26N4O4. The van der Waals surface area contributed by atoms with Crippen LogP contribution in [0.25, 0.3) is 0 Å². The maximum Gasteiger partial charge on any atom is 0.255 e. The summed E-state index contributed by atoms with van der Waals surface area (Å²) in [6, 6.07) is 11.1. The van der Waals surface area contributed by atoms with Crippen molar-refractivity contribution in [2.75, 3.05) is 0 Å². The predicted octanol–water partition coefficient (Wildman–Crippen LogP) is 1.93. The van der Waals surface area contributed by atoms with E-state index in [1.54, 1.807) is 17.2 Å². The van der Waals surface area contributed by atoms with Gasteiger partial charge in [-0.05, 0) is 61.6 Å². The summed E-state index contributed by atoms with van der Waals surface area (Å²) < 4.78 is 6.32. The molecule has 3 atom stereocenters. The Labute approximate surface area is 186 Å². The summed E-state index contributed by atoms with van der Waals surface area (Å²) in [6.07, 6.45) is 5.57. The molecule has 3 heterocycles. The average molecular weight is 434 g/mol. The van der Waals surface area contributed by atoms with Gasteiger partial charge in [0.2, 0.25) is 11.8 Å². The number of hydrogen-bond donors (Lipinski definition) is 2. The van der Waals surface area contributed by atoms with Crippen LogP contribution in [0.1, 0.15) is 53.7 Å². The molecule has 0 radical (unpaired) electrons. The topological polar surface area (TPSA) is 101 Å². The molecule has 32 heavy (non-hydrogen) atoms. The number of nitrogens with one attached hydrogen (secondary N) is 2. The summed E-state index contributed by atoms with van der Waals surface area (Å²) in [6.45, 7) is 1.05. The van der Waals surface area contributed by atoms with Crippen LogP contribution in [0.3, 0.4) is 0 Å². The van der Waals surface area contributed by atoms with Gasteiger partial charge in [-0.1, -0.05) is 6.07 Å². The number of hydrogen-bond acceptors (Lipinski definition) is 6. The SMILES string of the molecule is O=C1CCC(N2Cc3cc(O[C@H]4CCC[C@H]4NCc4ccccn4)ccc3C2=O)C(=O)N1. The van der Waals surface area contributed by atoms with Crippen LogP contribution in [0.5, 0.6) is 5.75 Å². The fourth-order valence-corrected chi connectivity index (χ4v) is 4.84. The van der Waals surface area contributed by atoms with E-state index in [1.165, 1.54) is 0 Å². The molecule has 2 aromatic rings. The van der Waals surface area contributed by atoms with Gasteiger partial charge in [0, 0.05) is 37.3 Å². The second kappa shape index (κ2) is 8.70. The minimum absolute atomic E-state index is 0.0557. The lowest BCUT2D eigenvalue weighted by Gasteiger charge is -2.29. The minimum Gasteiger partial charge on any atom is -0.489 e. The van der Waals surface area contributed by atoms with Crippen LogP contribution in [0.2, 0.25) is 0 Å². The third-order valence-electron chi connectivity index (χ3n) is 6.51. The molecular weight excluding hydrogens is 408 g/mol. The molecule has 2 N–H and O–H groups in total. The summed E-state index contributed by atoms with van der Waals surface area (Å²) in [7, 11) is 0. The molecule has 5 rings (SSSR count). The highest BCUT2D eigenvalue weighted by molar-refractivity contribution is 6.05. The standard InChI is InChI=1S/C24H26N4O4/c29-22-10-9-20(23(30)27-22)28-14-15-12-17(7-8-18(15)24(28)31)32-21-6-3-5-19(21)26-13-16-4-1-2-11-25-16/h1-2,4,7-8,11-12,19-21,26H,3,5-6,9-10,13-14H2,(H,27,29,30)/t19-,20?,21+/m1/s1. The van der Waals surface area contributed by atoms with Crippen molar-refractivity contribution in [2.45, 2.75) is 63.4 Å². The Morgan fingerprint density at radius 1 is 1.12 bits per heavy atom. The number of carbonyl (C=O) groups excluding carboxylic acids is 3. The molecule has 1 aromatic heterocycles. The van der Waals surface area contributed by atoms with Gasteiger partial charge in [-0.15, -0.1) is 0 Å². The van der Waals surface area contributed by atoms with Crippen molar-refractivity contribution < 1.29 is 19.1 Å². The highest BCUT2D eigenvalue weighted by Gasteiger charge is 2.39. The lowest BCUT2D eigenvalue weighted by atomic mass is 10.0. The van der Waals surface area contributed by atoms with E-state index < -0.39 is 11.9 Å². The number of amides is 3. The van der Waals surface area contributed by atoms with Crippen molar-refractivity contribution in [3.05, 3.63) is 59.4 Å². The maximum atomic E-state index is 12.9. The molecule has 3 aliphatic rings. The number of imide groups is 1. The second-order valence-electron chi connectivity index (χ2n) is 8.61. The molecule has 2 aliphatic heterocycles. The molecule has 1 saturated carbocycles. The first-order valence-corrected chi connectivity index (χ1v) is 11.2. The van der Waals surface area contributed by atoms with Gasteiger partial charge < -0.3 is 15.0 Å². The number of benzene rings is 1. The molecule has 8 nitrogen and oxygen atoms in total. The second-order valence-corrected chi connectivity index (χ2v) is 8.61. The van der Waals surface area contributed by atoms with Gasteiger partial charge >= 0.3 is 0 Å². The highest BCUT2D eigenvalue weighted by Crippen LogP contribution is 2.32. The normalized spacial score (nSPS) is 25.1. The number of rotatable bonds is 6. The summed E-state index contributed by atoms with van der Waals surface area (Å²) in [5, 5.41) is 5.90. The summed E-state index contributed by atoms with van der Waals surface area (Å²) >= 11 is 0. The van der Waals surface area contributed by atoms with Gasteiger partial charge in [0.25, 0.3) is 5.91 Å². The van der Waals surface area contributed by atoms with Gasteiger partial charge in [-0.2, -0.15) is 0 Å². The van der Waals surface area contributed by atoms with E-state index >= 15 is 0 Å². The van der Waals surface area contributed by atoms with Crippen molar-refractivity contribution in [3.63, 3.8) is 0 Å². The Morgan fingerprint density at radius 2 is 2.03 bits per heavy atom. The van der Waals surface area contributed by atoms with Gasteiger partial charge in [-0.25, -0.2) is 0 Å². The van der Waals surface area contributed by atoms with E-state index in [1.807, 2.05) is 30.3 Å². The summed E-state index contributed by atoms with van der Waals surface area (Å²) in [5.74, 6) is -0.115. The average Bonchev–Trinajstić information content (AvgIpc) is 3.37. The first kappa shape index (κ1) is 20.6. The van der Waals surface area contributed by atoms with Crippen molar-refractivity contribution in [1.82, 2.24) is 20.5 Å². The number of pyridine rings is 1. The third-order valence-corrected chi connectivity index (χ3v) is 6.51. The predicted molar refractivity (Wildman–Crippen MR) is 116 cm³/mol. The van der Waals surface area contributed by atoms with Gasteiger partial charge in [0.05, 0.1) is 5.69 Å². The van der Waals surface area contributed by atoms with E-state index in [9.17, 15) is 14.4 Å². The Kier molecular flexibility index (Phi) is 5.61. The number of fused-ring (bicyclic) bond motifs is 1. The van der Waals surface area contributed by atoms with Crippen LogP contribution >= 0.6 is 0 Å². The Balaban J connectivity index is 1.24. The molecule has 1 unspecified atom stereocenters. The molecule has 0 bridgehead atoms. The first-order valence-electron chi connectivity index (χ1n) is 11.2. The zero-order valence-electron chi connectivity index (χ0n) is 17.8. The van der Waals surface area contributed by atoms with Crippen molar-refractivity contribution in [1.29, 1.82) is 0 Å². The molecule has 2 fully saturated rings. The molecule has 166 valence electrons. The fraction of sp³-hybridized carbons (Fsp3) is 0.417. The Bertz CT molecular complexity index is 1040. The number of piperidine rings is 1. The first-order chi connectivity index (χ1) is 15.6. The molecule has 1 aliphatic carbocycles. The van der Waals surface area contributed by atoms with Gasteiger partial charge in [0.15, 0.2) is 0 Å². The lowest BCUT2D eigenvalue weighted by molar-refractivity contribution is -0.136. The molecule has 1 aromatic carbocycles. The van der Waals surface area contributed by atoms with Crippen LogP contribution in [0.15, 0.2) is 42.6 Å². The van der Waals surface area contributed by atoms with Crippen LogP contribution in [-0.4, -0.2) is 45.8 Å². The Morgan fingerprint density at radius 3 is 2.84 bits per heavy atom. The number of aromatic nitrogens is 1. The van der Waals surface area contributed by atoms with E-state index in [0.717, 1.165) is 36.3 Å². The van der Waals surface area contributed by atoms with Crippen LogP contribution < -0.4 is 15.4 Å². The number of ether oxygens (including phenoxy) is 1. The largest absolute Gasteiger partial charge is 0.489 e. The zero-order valence-corrected chi connectivity index (χ0v) is 17.8. The van der Waals surface area contributed by atoms with Crippen LogP contribution in [0, 0.1) is 0 Å². The van der Waals surface area contributed by atoms with Crippen molar-refractivity contribution in [3.8, 4) is 5.75 Å². The quantitative estimate of drug-likeness (QED) is 0.674. The highest BCUT2D eigenvalue weighted by atomic mass is 16.5. The molecule has 1 saturated heterocycles. The summed E-state index contributed by atoms with van der Waals surface area (Å²) in [4.78, 5) is 42.4. The number of carbonyl (C=O) groups is 3. The molecule has 0 spiro atoms. The number of nitrogens with zero attached hydrogens (tertiary/aromatic N) is 2. The summed E-state index contributed by atoms with van der Waals surface area (Å²) in [5.41, 5.74) is 2.45. The Hall–Kier alpha value is -3.26. The van der Waals surface area contributed by atoms with Crippen molar-refractivity contribution >= 4 is 17.7 Å². The van der Waals surface area contributed by atoms with Crippen LogP contribution in [0.4, 0.5) is 0 Å². The van der Waals surface area contributed by atoms with Gasteiger partial charge in [0.1, 0.15) is 17.9 Å². The van der Waals surface area contributed by atoms with Crippen molar-refractivity contribution in [2.24, 2.45) is 0 Å². The zero-order chi connectivity index (χ0) is 22.1. The maximum absolute atomic E-state index is 12.9. The van der Waals surface area contributed by atoms with E-state index in [4.69, 9.17) is 4.74 Å². The molecule has 8 heteroatoms. The van der Waals surface area contributed by atoms with E-state index in [2.05, 4.69) is 15.6 Å². The van der Waals surface area contributed by atoms with E-state index in [-0.39, 0.29) is 30.4 Å². The monoisotopic (exact) mass is 434 g/mol. The molecule has 3 amide bonds. The lowest BCUT2D eigenvalue weighted by Crippen LogP contribution is -2.52. The third kappa shape index (κ3) is 4.10. The smallest absolute Gasteiger partial charge is 0.255 e. The van der Waals surface area contributed by atoms with Gasteiger partial charge in [-0.3, -0.25) is 24.7 Å². The fourth-order valence-electron chi connectivity index (χ4n) is 4.84.